The minimum atomic E-state index is -0.553. The molecular weight excluding hydrogens is 256 g/mol. The van der Waals surface area contributed by atoms with Crippen molar-refractivity contribution in [1.82, 2.24) is 0 Å². The average Bonchev–Trinajstić information content (AvgIpc) is 2.33. The third-order valence-corrected chi connectivity index (χ3v) is 3.89. The maximum absolute atomic E-state index is 12.2. The van der Waals surface area contributed by atoms with Gasteiger partial charge in [0.05, 0.1) is 13.2 Å². The van der Waals surface area contributed by atoms with Gasteiger partial charge in [-0.3, -0.25) is 0 Å². The second kappa shape index (κ2) is 6.91. The Morgan fingerprint density at radius 1 is 1.15 bits per heavy atom. The third kappa shape index (κ3) is 3.62. The van der Waals surface area contributed by atoms with Crippen molar-refractivity contribution in [2.45, 2.75) is 53.9 Å². The van der Waals surface area contributed by atoms with Crippen molar-refractivity contribution in [3.05, 3.63) is 11.1 Å². The molecule has 0 bridgehead atoms. The zero-order chi connectivity index (χ0) is 15.3. The van der Waals surface area contributed by atoms with Crippen molar-refractivity contribution in [2.24, 2.45) is 11.3 Å². The fourth-order valence-electron chi connectivity index (χ4n) is 3.09. The molecule has 1 fully saturated rings. The highest BCUT2D eigenvalue weighted by molar-refractivity contribution is 6.15. The molecule has 0 amide bonds. The molecule has 1 rings (SSSR count). The van der Waals surface area contributed by atoms with Crippen LogP contribution < -0.4 is 0 Å². The summed E-state index contributed by atoms with van der Waals surface area (Å²) in [5.41, 5.74) is 0.832. The van der Waals surface area contributed by atoms with Crippen LogP contribution in [0.3, 0.4) is 0 Å². The zero-order valence-corrected chi connectivity index (χ0v) is 13.2. The fraction of sp³-hybridized carbons (Fsp3) is 0.750. The van der Waals surface area contributed by atoms with E-state index in [2.05, 4.69) is 20.8 Å². The van der Waals surface area contributed by atoms with E-state index in [1.807, 2.05) is 0 Å². The number of esters is 2. The van der Waals surface area contributed by atoms with Crippen molar-refractivity contribution in [3.63, 3.8) is 0 Å². The van der Waals surface area contributed by atoms with Gasteiger partial charge >= 0.3 is 11.9 Å². The molecular formula is C16H26O4. The quantitative estimate of drug-likeness (QED) is 0.344. The summed E-state index contributed by atoms with van der Waals surface area (Å²) >= 11 is 0. The average molecular weight is 282 g/mol. The molecule has 0 aliphatic heterocycles. The molecule has 1 aliphatic carbocycles. The van der Waals surface area contributed by atoms with Gasteiger partial charge in [-0.25, -0.2) is 9.59 Å². The highest BCUT2D eigenvalue weighted by Crippen LogP contribution is 2.45. The van der Waals surface area contributed by atoms with Gasteiger partial charge in [0.15, 0.2) is 0 Å². The molecule has 0 radical (unpaired) electrons. The number of carbonyl (C=O) groups excluding carboxylic acids is 2. The molecule has 20 heavy (non-hydrogen) atoms. The van der Waals surface area contributed by atoms with Gasteiger partial charge in [0, 0.05) is 0 Å². The van der Waals surface area contributed by atoms with E-state index in [9.17, 15) is 9.59 Å². The normalized spacial score (nSPS) is 21.2. The number of hydrogen-bond acceptors (Lipinski definition) is 4. The number of carbonyl (C=O) groups is 2. The summed E-state index contributed by atoms with van der Waals surface area (Å²) in [6, 6.07) is 0. The highest BCUT2D eigenvalue weighted by Gasteiger charge is 2.38. The SMILES string of the molecule is CCOC(=O)C(C(=O)OCC)=C1C(C)CCCC1(C)C. The van der Waals surface area contributed by atoms with E-state index in [0.29, 0.717) is 0 Å². The molecule has 1 atom stereocenters. The zero-order valence-electron chi connectivity index (χ0n) is 13.2. The first kappa shape index (κ1) is 16.7. The topological polar surface area (TPSA) is 52.6 Å². The Morgan fingerprint density at radius 3 is 2.05 bits per heavy atom. The first-order valence-corrected chi connectivity index (χ1v) is 7.44. The predicted molar refractivity (Wildman–Crippen MR) is 77.1 cm³/mol. The van der Waals surface area contributed by atoms with Crippen molar-refractivity contribution in [2.75, 3.05) is 13.2 Å². The standard InChI is InChI=1S/C16H26O4/c1-6-19-14(17)12(15(18)20-7-2)13-11(3)9-8-10-16(13,4)5/h11H,6-10H2,1-5H3. The van der Waals surface area contributed by atoms with Gasteiger partial charge in [-0.1, -0.05) is 27.2 Å². The molecule has 1 unspecified atom stereocenters. The largest absolute Gasteiger partial charge is 0.462 e. The monoisotopic (exact) mass is 282 g/mol. The summed E-state index contributed by atoms with van der Waals surface area (Å²) in [7, 11) is 0. The Balaban J connectivity index is 3.33. The van der Waals surface area contributed by atoms with Gasteiger partial charge < -0.3 is 9.47 Å². The fourth-order valence-corrected chi connectivity index (χ4v) is 3.09. The molecule has 114 valence electrons. The van der Waals surface area contributed by atoms with Gasteiger partial charge in [0.2, 0.25) is 0 Å². The summed E-state index contributed by atoms with van der Waals surface area (Å²) in [4.78, 5) is 24.4. The third-order valence-electron chi connectivity index (χ3n) is 3.89. The second-order valence-electron chi connectivity index (χ2n) is 5.91. The molecule has 0 aromatic rings. The molecule has 0 heterocycles. The van der Waals surface area contributed by atoms with Gasteiger partial charge in [-0.15, -0.1) is 0 Å². The van der Waals surface area contributed by atoms with Crippen LogP contribution in [0, 0.1) is 11.3 Å². The van der Waals surface area contributed by atoms with E-state index in [1.165, 1.54) is 0 Å². The maximum Gasteiger partial charge on any atom is 0.345 e. The van der Waals surface area contributed by atoms with Crippen LogP contribution in [0.5, 0.6) is 0 Å². The lowest BCUT2D eigenvalue weighted by Gasteiger charge is -2.38. The first-order valence-electron chi connectivity index (χ1n) is 7.44. The van der Waals surface area contributed by atoms with Crippen molar-refractivity contribution in [3.8, 4) is 0 Å². The number of allylic oxidation sites excluding steroid dienone is 1. The molecule has 1 saturated carbocycles. The molecule has 4 heteroatoms. The molecule has 0 saturated heterocycles. The second-order valence-corrected chi connectivity index (χ2v) is 5.91. The van der Waals surface area contributed by atoms with Gasteiger partial charge in [-0.05, 0) is 43.6 Å². The Kier molecular flexibility index (Phi) is 5.78. The van der Waals surface area contributed by atoms with Crippen LogP contribution in [0.4, 0.5) is 0 Å². The van der Waals surface area contributed by atoms with Crippen LogP contribution in [0.2, 0.25) is 0 Å². The molecule has 0 aromatic heterocycles. The Hall–Kier alpha value is -1.32. The lowest BCUT2D eigenvalue weighted by Crippen LogP contribution is -2.32. The Bertz CT molecular complexity index is 387. The Labute approximate surface area is 121 Å². The predicted octanol–water partition coefficient (Wildman–Crippen LogP) is 3.26. The first-order chi connectivity index (χ1) is 9.35. The Morgan fingerprint density at radius 2 is 1.65 bits per heavy atom. The summed E-state index contributed by atoms with van der Waals surface area (Å²) in [6.45, 7) is 10.2. The summed E-state index contributed by atoms with van der Waals surface area (Å²) in [5.74, 6) is -0.909. The van der Waals surface area contributed by atoms with Gasteiger partial charge in [0.1, 0.15) is 5.57 Å². The lowest BCUT2D eigenvalue weighted by molar-refractivity contribution is -0.147. The molecule has 0 N–H and O–H groups in total. The van der Waals surface area contributed by atoms with Crippen LogP contribution in [-0.2, 0) is 19.1 Å². The summed E-state index contributed by atoms with van der Waals surface area (Å²) in [6.07, 6.45) is 3.06. The van der Waals surface area contributed by atoms with Crippen LogP contribution in [0.25, 0.3) is 0 Å². The smallest absolute Gasteiger partial charge is 0.345 e. The van der Waals surface area contributed by atoms with Crippen LogP contribution >= 0.6 is 0 Å². The van der Waals surface area contributed by atoms with Gasteiger partial charge in [0.25, 0.3) is 0 Å². The van der Waals surface area contributed by atoms with Crippen LogP contribution in [0.1, 0.15) is 53.9 Å². The number of hydrogen-bond donors (Lipinski definition) is 0. The molecule has 4 nitrogen and oxygen atoms in total. The van der Waals surface area contributed by atoms with Crippen molar-refractivity contribution in [1.29, 1.82) is 0 Å². The summed E-state index contributed by atoms with van der Waals surface area (Å²) in [5, 5.41) is 0. The van der Waals surface area contributed by atoms with E-state index in [-0.39, 0.29) is 30.1 Å². The summed E-state index contributed by atoms with van der Waals surface area (Å²) < 4.78 is 10.1. The minimum Gasteiger partial charge on any atom is -0.462 e. The molecule has 0 aromatic carbocycles. The number of ether oxygens (including phenoxy) is 2. The van der Waals surface area contributed by atoms with E-state index in [4.69, 9.17) is 9.47 Å². The maximum atomic E-state index is 12.2. The van der Waals surface area contributed by atoms with Crippen LogP contribution in [-0.4, -0.2) is 25.2 Å². The van der Waals surface area contributed by atoms with Crippen LogP contribution in [0.15, 0.2) is 11.1 Å². The van der Waals surface area contributed by atoms with Gasteiger partial charge in [-0.2, -0.15) is 0 Å². The molecule has 0 spiro atoms. The lowest BCUT2D eigenvalue weighted by atomic mass is 9.66. The van der Waals surface area contributed by atoms with E-state index < -0.39 is 11.9 Å². The van der Waals surface area contributed by atoms with E-state index in [1.54, 1.807) is 13.8 Å². The van der Waals surface area contributed by atoms with E-state index in [0.717, 1.165) is 24.8 Å². The van der Waals surface area contributed by atoms with E-state index >= 15 is 0 Å². The van der Waals surface area contributed by atoms with Crippen molar-refractivity contribution >= 4 is 11.9 Å². The minimum absolute atomic E-state index is 0.117. The molecule has 1 aliphatic rings. The highest BCUT2D eigenvalue weighted by atomic mass is 16.6. The number of rotatable bonds is 4. The van der Waals surface area contributed by atoms with Crippen molar-refractivity contribution < 1.29 is 19.1 Å².